The van der Waals surface area contributed by atoms with E-state index in [0.29, 0.717) is 6.04 Å². The van der Waals surface area contributed by atoms with Crippen molar-refractivity contribution >= 4 is 5.91 Å². The molecule has 1 aromatic carbocycles. The first-order valence-corrected chi connectivity index (χ1v) is 6.83. The van der Waals surface area contributed by atoms with Crippen LogP contribution in [0.1, 0.15) is 18.5 Å². The summed E-state index contributed by atoms with van der Waals surface area (Å²) in [6, 6.07) is 10.3. The predicted octanol–water partition coefficient (Wildman–Crippen LogP) is 1.11. The van der Waals surface area contributed by atoms with E-state index in [1.165, 1.54) is 0 Å². The van der Waals surface area contributed by atoms with Crippen molar-refractivity contribution in [3.8, 4) is 0 Å². The summed E-state index contributed by atoms with van der Waals surface area (Å²) in [5, 5.41) is 3.42. The van der Waals surface area contributed by atoms with Crippen molar-refractivity contribution in [2.24, 2.45) is 0 Å². The Morgan fingerprint density at radius 3 is 2.63 bits per heavy atom. The maximum absolute atomic E-state index is 12.5. The number of carbonyl (C=O) groups is 1. The summed E-state index contributed by atoms with van der Waals surface area (Å²) in [4.78, 5) is 16.5. The quantitative estimate of drug-likeness (QED) is 0.885. The molecule has 0 bridgehead atoms. The van der Waals surface area contributed by atoms with E-state index in [1.807, 2.05) is 44.4 Å². The lowest BCUT2D eigenvalue weighted by molar-refractivity contribution is -0.135. The van der Waals surface area contributed by atoms with Crippen molar-refractivity contribution in [2.45, 2.75) is 19.0 Å². The van der Waals surface area contributed by atoms with Crippen LogP contribution in [0.25, 0.3) is 0 Å². The highest BCUT2D eigenvalue weighted by Crippen LogP contribution is 2.23. The summed E-state index contributed by atoms with van der Waals surface area (Å²) in [5.41, 5.74) is 1.08. The second-order valence-corrected chi connectivity index (χ2v) is 5.40. The zero-order valence-corrected chi connectivity index (χ0v) is 12.0. The molecule has 1 saturated heterocycles. The third-order valence-electron chi connectivity index (χ3n) is 3.56. The summed E-state index contributed by atoms with van der Waals surface area (Å²) in [7, 11) is 3.65. The van der Waals surface area contributed by atoms with Crippen LogP contribution in [0.15, 0.2) is 30.3 Å². The van der Waals surface area contributed by atoms with Crippen LogP contribution in [-0.4, -0.2) is 55.5 Å². The lowest BCUT2D eigenvalue weighted by atomic mass is 10.0. The van der Waals surface area contributed by atoms with Gasteiger partial charge >= 0.3 is 0 Å². The van der Waals surface area contributed by atoms with Gasteiger partial charge in [-0.05, 0) is 12.5 Å². The van der Waals surface area contributed by atoms with Gasteiger partial charge in [-0.25, -0.2) is 0 Å². The number of benzene rings is 1. The van der Waals surface area contributed by atoms with Gasteiger partial charge in [-0.15, -0.1) is 0 Å². The second kappa shape index (κ2) is 6.17. The second-order valence-electron chi connectivity index (χ2n) is 5.40. The zero-order chi connectivity index (χ0) is 13.8. The van der Waals surface area contributed by atoms with Crippen LogP contribution in [-0.2, 0) is 4.79 Å². The minimum Gasteiger partial charge on any atom is -0.347 e. The Kier molecular flexibility index (Phi) is 4.56. The van der Waals surface area contributed by atoms with E-state index in [4.69, 9.17) is 0 Å². The van der Waals surface area contributed by atoms with Gasteiger partial charge in [-0.3, -0.25) is 9.69 Å². The van der Waals surface area contributed by atoms with Gasteiger partial charge in [0, 0.05) is 39.8 Å². The Bertz CT molecular complexity index is 419. The third kappa shape index (κ3) is 3.33. The van der Waals surface area contributed by atoms with Crippen LogP contribution in [0, 0.1) is 0 Å². The molecule has 4 nitrogen and oxygen atoms in total. The molecule has 0 radical (unpaired) electrons. The monoisotopic (exact) mass is 261 g/mol. The first-order chi connectivity index (χ1) is 9.09. The Morgan fingerprint density at radius 1 is 1.37 bits per heavy atom. The van der Waals surface area contributed by atoms with Gasteiger partial charge in [0.1, 0.15) is 6.04 Å². The number of nitrogens with one attached hydrogen (secondary N) is 1. The molecule has 104 valence electrons. The molecule has 19 heavy (non-hydrogen) atoms. The molecule has 2 rings (SSSR count). The van der Waals surface area contributed by atoms with E-state index in [9.17, 15) is 4.79 Å². The van der Waals surface area contributed by atoms with Crippen LogP contribution in [0.3, 0.4) is 0 Å². The third-order valence-corrected chi connectivity index (χ3v) is 3.56. The number of rotatable bonds is 3. The number of carbonyl (C=O) groups excluding carboxylic acids is 1. The average molecular weight is 261 g/mol. The first-order valence-electron chi connectivity index (χ1n) is 6.83. The fraction of sp³-hybridized carbons (Fsp3) is 0.533. The van der Waals surface area contributed by atoms with E-state index in [0.717, 1.165) is 25.2 Å². The molecule has 1 aromatic rings. The maximum atomic E-state index is 12.5. The molecule has 0 aliphatic carbocycles. The van der Waals surface area contributed by atoms with Gasteiger partial charge in [0.05, 0.1) is 0 Å². The van der Waals surface area contributed by atoms with Crippen LogP contribution in [0.5, 0.6) is 0 Å². The molecule has 2 atom stereocenters. The highest BCUT2D eigenvalue weighted by Gasteiger charge is 2.31. The average Bonchev–Trinajstić information content (AvgIpc) is 2.40. The van der Waals surface area contributed by atoms with Crippen molar-refractivity contribution in [1.29, 1.82) is 0 Å². The molecular formula is C15H23N3O. The normalized spacial score (nSPS) is 21.9. The minimum absolute atomic E-state index is 0.153. The molecule has 1 fully saturated rings. The molecule has 1 heterocycles. The lowest BCUT2D eigenvalue weighted by Gasteiger charge is -2.38. The Labute approximate surface area is 115 Å². The molecule has 0 unspecified atom stereocenters. The van der Waals surface area contributed by atoms with E-state index < -0.39 is 0 Å². The van der Waals surface area contributed by atoms with Gasteiger partial charge in [-0.1, -0.05) is 30.3 Å². The number of amides is 1. The predicted molar refractivity (Wildman–Crippen MR) is 76.9 cm³/mol. The molecule has 0 saturated carbocycles. The molecule has 4 heteroatoms. The van der Waals surface area contributed by atoms with Gasteiger partial charge < -0.3 is 10.2 Å². The van der Waals surface area contributed by atoms with E-state index >= 15 is 0 Å². The SMILES string of the molecule is C[C@@H]1CN([C@@H](C(=O)N(C)C)c2ccccc2)CCN1. The fourth-order valence-electron chi connectivity index (χ4n) is 2.59. The summed E-state index contributed by atoms with van der Waals surface area (Å²) < 4.78 is 0. The van der Waals surface area contributed by atoms with Crippen molar-refractivity contribution in [3.05, 3.63) is 35.9 Å². The summed E-state index contributed by atoms with van der Waals surface area (Å²) in [6.45, 7) is 4.90. The molecule has 0 aromatic heterocycles. The van der Waals surface area contributed by atoms with Gasteiger partial charge in [0.25, 0.3) is 0 Å². The number of hydrogen-bond acceptors (Lipinski definition) is 3. The van der Waals surface area contributed by atoms with Crippen molar-refractivity contribution in [1.82, 2.24) is 15.1 Å². The number of piperazine rings is 1. The number of likely N-dealkylation sites (N-methyl/N-ethyl adjacent to an activating group) is 1. The zero-order valence-electron chi connectivity index (χ0n) is 12.0. The fourth-order valence-corrected chi connectivity index (χ4v) is 2.59. The topological polar surface area (TPSA) is 35.6 Å². The van der Waals surface area contributed by atoms with E-state index in [2.05, 4.69) is 17.1 Å². The van der Waals surface area contributed by atoms with Gasteiger partial charge in [0.2, 0.25) is 5.91 Å². The molecule has 0 spiro atoms. The lowest BCUT2D eigenvalue weighted by Crippen LogP contribution is -2.53. The van der Waals surface area contributed by atoms with Crippen LogP contribution in [0.4, 0.5) is 0 Å². The van der Waals surface area contributed by atoms with Crippen LogP contribution < -0.4 is 5.32 Å². The standard InChI is InChI=1S/C15H23N3O/c1-12-11-18(10-9-16-12)14(15(19)17(2)3)13-7-5-4-6-8-13/h4-8,12,14,16H,9-11H2,1-3H3/t12-,14-/m1/s1. The van der Waals surface area contributed by atoms with Crippen molar-refractivity contribution < 1.29 is 4.79 Å². The molecule has 1 aliphatic rings. The largest absolute Gasteiger partial charge is 0.347 e. The number of nitrogens with zero attached hydrogens (tertiary/aromatic N) is 2. The Morgan fingerprint density at radius 2 is 2.05 bits per heavy atom. The first kappa shape index (κ1) is 14.0. The van der Waals surface area contributed by atoms with Crippen LogP contribution in [0.2, 0.25) is 0 Å². The van der Waals surface area contributed by atoms with Crippen LogP contribution >= 0.6 is 0 Å². The summed E-state index contributed by atoms with van der Waals surface area (Å²) in [6.07, 6.45) is 0. The minimum atomic E-state index is -0.166. The van der Waals surface area contributed by atoms with E-state index in [1.54, 1.807) is 4.90 Å². The molecule has 1 N–H and O–H groups in total. The van der Waals surface area contributed by atoms with Crippen molar-refractivity contribution in [3.63, 3.8) is 0 Å². The van der Waals surface area contributed by atoms with Crippen molar-refractivity contribution in [2.75, 3.05) is 33.7 Å². The maximum Gasteiger partial charge on any atom is 0.244 e. The smallest absolute Gasteiger partial charge is 0.244 e. The van der Waals surface area contributed by atoms with Gasteiger partial charge in [0.15, 0.2) is 0 Å². The highest BCUT2D eigenvalue weighted by molar-refractivity contribution is 5.82. The van der Waals surface area contributed by atoms with Gasteiger partial charge in [-0.2, -0.15) is 0 Å². The van der Waals surface area contributed by atoms with E-state index in [-0.39, 0.29) is 11.9 Å². The number of hydrogen-bond donors (Lipinski definition) is 1. The molecule has 1 amide bonds. The summed E-state index contributed by atoms with van der Waals surface area (Å²) >= 11 is 0. The molecular weight excluding hydrogens is 238 g/mol. The highest BCUT2D eigenvalue weighted by atomic mass is 16.2. The Balaban J connectivity index is 2.26. The summed E-state index contributed by atoms with van der Waals surface area (Å²) in [5.74, 6) is 0.153. The Hall–Kier alpha value is -1.39. The molecule has 1 aliphatic heterocycles.